The van der Waals surface area contributed by atoms with Crippen molar-refractivity contribution in [2.24, 2.45) is 28.7 Å². The van der Waals surface area contributed by atoms with Crippen molar-refractivity contribution in [3.8, 4) is 22.5 Å². The summed E-state index contributed by atoms with van der Waals surface area (Å²) < 4.78 is 8.23. The molecule has 116 heavy (non-hydrogen) atoms. The number of nitrogens with one attached hydrogen (secondary N) is 12. The molecule has 2 aliphatic carbocycles. The molecule has 5 aromatic rings. The Balaban J connectivity index is 0.976. The molecule has 1 saturated carbocycles. The largest absolute Gasteiger partial charge is 0.545 e. The Labute approximate surface area is 665 Å². The van der Waals surface area contributed by atoms with Crippen molar-refractivity contribution in [2.75, 3.05) is 46.2 Å². The first-order chi connectivity index (χ1) is 54.8. The number of anilines is 1. The number of hydrogen-bond donors (Lipinski definition) is 17. The van der Waals surface area contributed by atoms with Gasteiger partial charge in [0.15, 0.2) is 0 Å². The van der Waals surface area contributed by atoms with Crippen LogP contribution in [0.2, 0.25) is 0 Å². The number of nitrogens with two attached hydrogens (primary N) is 2. The van der Waals surface area contributed by atoms with Crippen LogP contribution in [0.25, 0.3) is 44.3 Å². The van der Waals surface area contributed by atoms with E-state index >= 15 is 4.79 Å². The molecule has 3 aliphatic rings. The van der Waals surface area contributed by atoms with E-state index in [0.717, 1.165) is 29.6 Å². The van der Waals surface area contributed by atoms with Crippen LogP contribution in [0.15, 0.2) is 102 Å². The van der Waals surface area contributed by atoms with Crippen molar-refractivity contribution in [3.05, 3.63) is 125 Å². The van der Waals surface area contributed by atoms with Crippen LogP contribution in [0.3, 0.4) is 0 Å². The number of aromatic carboxylic acids is 1. The van der Waals surface area contributed by atoms with Gasteiger partial charge in [-0.2, -0.15) is 0 Å². The number of carboxylic acid groups (broad SMARTS) is 3. The second-order valence-electron chi connectivity index (χ2n) is 30.2. The molecule has 0 saturated heterocycles. The number of aromatic nitrogens is 3. The van der Waals surface area contributed by atoms with Gasteiger partial charge in [-0.1, -0.05) is 84.6 Å². The highest BCUT2D eigenvalue weighted by Gasteiger charge is 2.42. The average Bonchev–Trinajstić information content (AvgIpc) is 1.27. The van der Waals surface area contributed by atoms with Gasteiger partial charge in [-0.15, -0.1) is 0 Å². The first-order valence-corrected chi connectivity index (χ1v) is 37.5. The highest BCUT2D eigenvalue weighted by Crippen LogP contribution is 2.42. The summed E-state index contributed by atoms with van der Waals surface area (Å²) in [6, 6.07) is 5.83. The number of carbonyl (C=O) groups excluding carboxylic acids is 13. The van der Waals surface area contributed by atoms with Crippen LogP contribution < -0.4 is 84.6 Å². The third-order valence-electron chi connectivity index (χ3n) is 20.1. The van der Waals surface area contributed by atoms with Crippen LogP contribution >= 0.6 is 0 Å². The zero-order valence-electron chi connectivity index (χ0n) is 65.6. The smallest absolute Gasteiger partial charge is 0.326 e. The first kappa shape index (κ1) is 88.5. The van der Waals surface area contributed by atoms with Crippen molar-refractivity contribution in [3.63, 3.8) is 0 Å². The number of hydrogen-bond acceptors (Lipinski definition) is 20. The molecule has 1 fully saturated rings. The van der Waals surface area contributed by atoms with Gasteiger partial charge in [-0.05, 0) is 77.6 Å². The van der Waals surface area contributed by atoms with Gasteiger partial charge >= 0.3 is 11.9 Å². The van der Waals surface area contributed by atoms with Gasteiger partial charge in [0.1, 0.15) is 79.8 Å². The summed E-state index contributed by atoms with van der Waals surface area (Å²) in [5, 5.41) is 69.6. The van der Waals surface area contributed by atoms with Crippen LogP contribution in [0, 0.1) is 17.3 Å². The molecule has 10 atom stereocenters. The molecule has 12 amide bonds. The van der Waals surface area contributed by atoms with Gasteiger partial charge in [0.2, 0.25) is 70.3 Å². The fourth-order valence-electron chi connectivity index (χ4n) is 13.6. The van der Waals surface area contributed by atoms with E-state index in [2.05, 4.69) is 68.1 Å². The Hall–Kier alpha value is -13.1. The van der Waals surface area contributed by atoms with Crippen LogP contribution in [-0.2, 0) is 75.2 Å². The van der Waals surface area contributed by atoms with Crippen molar-refractivity contribution in [1.82, 2.24) is 72.7 Å². The number of aliphatic hydroxyl groups excluding tert-OH is 1. The van der Waals surface area contributed by atoms with Crippen molar-refractivity contribution >= 4 is 116 Å². The quantitative estimate of drug-likeness (QED) is 0.0153. The van der Waals surface area contributed by atoms with Gasteiger partial charge in [0, 0.05) is 101 Å². The molecule has 3 aromatic carbocycles. The topological polar surface area (TPSA) is 576 Å². The van der Waals surface area contributed by atoms with E-state index in [1.165, 1.54) is 18.6 Å². The molecule has 0 unspecified atom stereocenters. The summed E-state index contributed by atoms with van der Waals surface area (Å²) in [7, 11) is 7.27. The third-order valence-corrected chi connectivity index (χ3v) is 20.1. The van der Waals surface area contributed by atoms with E-state index in [1.807, 2.05) is 37.7 Å². The van der Waals surface area contributed by atoms with Crippen molar-refractivity contribution in [1.29, 1.82) is 0 Å². The number of aliphatic carboxylic acids is 2. The lowest BCUT2D eigenvalue weighted by Gasteiger charge is -2.36. The summed E-state index contributed by atoms with van der Waals surface area (Å²) in [6.07, 6.45) is 3.95. The summed E-state index contributed by atoms with van der Waals surface area (Å²) in [5.74, 6) is -18.5. The molecular formula is C79H99N17O20. The third kappa shape index (κ3) is 23.3. The molecule has 0 bridgehead atoms. The molecular weight excluding hydrogens is 1510 g/mol. The predicted molar refractivity (Wildman–Crippen MR) is 418 cm³/mol. The number of primary amides is 2. The average molecular weight is 1610 g/mol. The number of para-hydroxylation sites is 1. The number of benzene rings is 4. The zero-order valence-corrected chi connectivity index (χ0v) is 65.6. The number of rotatable bonds is 38. The maximum absolute atomic E-state index is 15.1. The minimum Gasteiger partial charge on any atom is -0.545 e. The van der Waals surface area contributed by atoms with Crippen LogP contribution in [0.5, 0.6) is 0 Å². The minimum atomic E-state index is -1.93. The van der Waals surface area contributed by atoms with E-state index in [-0.39, 0.29) is 35.2 Å². The van der Waals surface area contributed by atoms with Gasteiger partial charge in [-0.3, -0.25) is 62.3 Å². The second-order valence-corrected chi connectivity index (χ2v) is 30.2. The Morgan fingerprint density at radius 3 is 1.86 bits per heavy atom. The number of amides is 12. The summed E-state index contributed by atoms with van der Waals surface area (Å²) in [5.41, 5.74) is 12.5. The lowest BCUT2D eigenvalue weighted by Crippen LogP contribution is -2.63. The number of aromatic amines is 2. The molecule has 2 aromatic heterocycles. The number of carboxylic acids is 3. The van der Waals surface area contributed by atoms with Gasteiger partial charge in [0.05, 0.1) is 50.8 Å². The number of nitrogens with zero attached hydrogens (tertiary/aromatic N) is 3. The normalized spacial score (nSPS) is 14.9. The lowest BCUT2D eigenvalue weighted by molar-refractivity contribution is -0.255. The van der Waals surface area contributed by atoms with Gasteiger partial charge < -0.3 is 109 Å². The number of aliphatic hydroxyl groups is 1. The lowest BCUT2D eigenvalue weighted by atomic mass is 9.82. The molecule has 620 valence electrons. The van der Waals surface area contributed by atoms with E-state index < -0.39 is 193 Å². The second kappa shape index (κ2) is 39.6. The highest BCUT2D eigenvalue weighted by molar-refractivity contribution is 6.10. The highest BCUT2D eigenvalue weighted by atomic mass is 16.4. The Kier molecular flexibility index (Phi) is 30.2. The maximum Gasteiger partial charge on any atom is 0.326 e. The van der Waals surface area contributed by atoms with E-state index in [1.54, 1.807) is 101 Å². The first-order valence-electron chi connectivity index (χ1n) is 37.5. The van der Waals surface area contributed by atoms with Crippen molar-refractivity contribution in [2.45, 2.75) is 160 Å². The van der Waals surface area contributed by atoms with Crippen LogP contribution in [0.4, 0.5) is 5.69 Å². The molecule has 8 rings (SSSR count). The number of fused-ring (bicyclic) bond motifs is 3. The number of imidazole rings is 1. The molecule has 37 heteroatoms. The molecule has 1 aliphatic heterocycles. The molecule has 0 radical (unpaired) electrons. The van der Waals surface area contributed by atoms with Crippen LogP contribution in [0.1, 0.15) is 124 Å². The number of carbonyl (C=O) groups is 15. The van der Waals surface area contributed by atoms with E-state index in [4.69, 9.17) is 15.9 Å². The SMILES string of the molecule is CC[C@H](C)[C@H](NC(=O)[C@H](CC(=O)O)NC(=O)[C@@H](NC(=O)[C@@H](NC(=O)[C@H](Cc1c[nH]c2ccccc12)NC(=O)[C@H](Cc1cnc[nH]1)NC(=O)[C@H](CO)NC(=O)CNC(=O)[C@H](CC(N)=O)NC(=O)[C@H](CC(N)=O)NC(=O)c1ccc(C(=O)[O-])c(-c2c3ccc(=[N+](C)C)cc-3oc3cc(N(C)C)ccc23)c1)C(C)(C)C)C1CCCCC1)C(=O)O. The van der Waals surface area contributed by atoms with E-state index in [9.17, 15) is 87.5 Å². The zero-order chi connectivity index (χ0) is 85.2. The Bertz CT molecular complexity index is 4900. The molecule has 0 spiro atoms. The Morgan fingerprint density at radius 2 is 1.26 bits per heavy atom. The monoisotopic (exact) mass is 1610 g/mol. The standard InChI is InChI=1S/C79H99N17O20/c1-10-39(2)65(78(114)115)92-72(107)56(33-63(101)102)91-75(110)66(40-16-12-11-13-17-40)93-76(111)67(79(3,4)5)94-73(108)52(27-42-34-83-51-19-15-14-18-46(42)51)88-70(105)53(28-43-35-82-38-85-43)89-74(109)57(37-97)86-62(100)36-84-69(104)54(31-60(80)98)90-71(106)55(32-61(81)99)87-68(103)41-20-23-47(77(112)113)50(26-41)64-48-24-21-44(95(6)7)29-58(48)116-59-30-45(96(8)9)22-25-49(59)64/h14-15,18-26,29-30,34-35,38-40,52-57,65-67,83,97H,10-13,16-17,27-28,31-33,36-37H2,1-9H3,(H17-,80,81,82,84,85,86,87,88,89,90,91,92,93,94,98,99,100,101,102,103,104,105,106,107,108,109,110,111,112,113,114,115)/t39-,52-,53-,54-,55-,56-,57-,65-,66-,67+/m0/s1. The summed E-state index contributed by atoms with van der Waals surface area (Å²) >= 11 is 0. The van der Waals surface area contributed by atoms with Crippen LogP contribution in [-0.4, -0.2) is 215 Å². The summed E-state index contributed by atoms with van der Waals surface area (Å²) in [4.78, 5) is 217. The molecule has 3 heterocycles. The maximum atomic E-state index is 15.1. The number of H-pyrrole nitrogens is 2. The fourth-order valence-corrected chi connectivity index (χ4v) is 13.6. The fraction of sp³-hybridized carbons (Fsp3) is 0.430. The van der Waals surface area contributed by atoms with Crippen molar-refractivity contribution < 1.29 is 96.8 Å². The minimum absolute atomic E-state index is 0.00329. The Morgan fingerprint density at radius 1 is 0.647 bits per heavy atom. The van der Waals surface area contributed by atoms with E-state index in [0.29, 0.717) is 76.4 Å². The van der Waals surface area contributed by atoms with Gasteiger partial charge in [-0.25, -0.2) is 14.4 Å². The summed E-state index contributed by atoms with van der Waals surface area (Å²) in [6.45, 7) is 5.92. The molecule has 19 N–H and O–H groups in total. The molecule has 37 nitrogen and oxygen atoms in total. The van der Waals surface area contributed by atoms with Gasteiger partial charge in [0.25, 0.3) is 5.91 Å². The predicted octanol–water partition coefficient (Wildman–Crippen LogP) is -1.58.